The Balaban J connectivity index is 1.68. The van der Waals surface area contributed by atoms with Gasteiger partial charge in [0.05, 0.1) is 34.6 Å². The summed E-state index contributed by atoms with van der Waals surface area (Å²) in [6.45, 7) is 2.59. The highest BCUT2D eigenvalue weighted by atomic mass is 32.2. The number of sulfone groups is 1. The largest absolute Gasteiger partial charge is 0.492 e. The molecule has 0 bridgehead atoms. The van der Waals surface area contributed by atoms with Crippen LogP contribution in [0.1, 0.15) is 10.4 Å². The van der Waals surface area contributed by atoms with Crippen molar-refractivity contribution in [3.05, 3.63) is 54.1 Å². The minimum absolute atomic E-state index is 0.0288. The molecule has 0 radical (unpaired) electrons. The SMILES string of the molecule is NC(=O)c1ccccc1S(=O)(=O)c1ccc(OCCNC2COC2)cc1. The van der Waals surface area contributed by atoms with Crippen molar-refractivity contribution in [1.29, 1.82) is 0 Å². The van der Waals surface area contributed by atoms with Crippen LogP contribution in [0.2, 0.25) is 0 Å². The molecule has 1 heterocycles. The van der Waals surface area contributed by atoms with Crippen LogP contribution in [-0.4, -0.2) is 46.7 Å². The van der Waals surface area contributed by atoms with Gasteiger partial charge in [0, 0.05) is 6.54 Å². The zero-order chi connectivity index (χ0) is 18.6. The van der Waals surface area contributed by atoms with Crippen molar-refractivity contribution in [3.8, 4) is 5.75 Å². The number of carbonyl (C=O) groups excluding carboxylic acids is 1. The molecule has 0 aromatic heterocycles. The molecule has 0 saturated carbocycles. The highest BCUT2D eigenvalue weighted by molar-refractivity contribution is 7.91. The summed E-state index contributed by atoms with van der Waals surface area (Å²) < 4.78 is 36.2. The fourth-order valence-electron chi connectivity index (χ4n) is 2.53. The van der Waals surface area contributed by atoms with Crippen molar-refractivity contribution in [3.63, 3.8) is 0 Å². The fourth-order valence-corrected chi connectivity index (χ4v) is 4.00. The summed E-state index contributed by atoms with van der Waals surface area (Å²) in [5, 5.41) is 3.27. The summed E-state index contributed by atoms with van der Waals surface area (Å²) in [4.78, 5) is 11.5. The number of nitrogens with two attached hydrogens (primary N) is 1. The van der Waals surface area contributed by atoms with E-state index in [2.05, 4.69) is 5.32 Å². The van der Waals surface area contributed by atoms with Crippen molar-refractivity contribution in [1.82, 2.24) is 5.32 Å². The topological polar surface area (TPSA) is 108 Å². The van der Waals surface area contributed by atoms with Gasteiger partial charge in [-0.05, 0) is 36.4 Å². The van der Waals surface area contributed by atoms with E-state index >= 15 is 0 Å². The maximum absolute atomic E-state index is 12.8. The first kappa shape index (κ1) is 18.4. The molecule has 3 N–H and O–H groups in total. The van der Waals surface area contributed by atoms with Gasteiger partial charge in [0.2, 0.25) is 15.7 Å². The van der Waals surface area contributed by atoms with Crippen LogP contribution >= 0.6 is 0 Å². The number of ether oxygens (including phenoxy) is 2. The summed E-state index contributed by atoms with van der Waals surface area (Å²) in [6.07, 6.45) is 0. The summed E-state index contributed by atoms with van der Waals surface area (Å²) in [5.41, 5.74) is 5.25. The van der Waals surface area contributed by atoms with E-state index in [0.717, 1.165) is 13.2 Å². The van der Waals surface area contributed by atoms with E-state index < -0.39 is 15.7 Å². The second-order valence-corrected chi connectivity index (χ2v) is 7.79. The Hall–Kier alpha value is -2.42. The van der Waals surface area contributed by atoms with Crippen LogP contribution < -0.4 is 15.8 Å². The third-order valence-electron chi connectivity index (χ3n) is 4.02. The van der Waals surface area contributed by atoms with Crippen molar-refractivity contribution in [2.75, 3.05) is 26.4 Å². The number of nitrogens with one attached hydrogen (secondary N) is 1. The quantitative estimate of drug-likeness (QED) is 0.665. The van der Waals surface area contributed by atoms with E-state index in [0.29, 0.717) is 24.9 Å². The number of rotatable bonds is 8. The lowest BCUT2D eigenvalue weighted by atomic mass is 10.2. The summed E-state index contributed by atoms with van der Waals surface area (Å²) >= 11 is 0. The van der Waals surface area contributed by atoms with E-state index in [9.17, 15) is 13.2 Å². The van der Waals surface area contributed by atoms with Crippen LogP contribution in [0.3, 0.4) is 0 Å². The molecular weight excluding hydrogens is 356 g/mol. The number of primary amides is 1. The summed E-state index contributed by atoms with van der Waals surface area (Å²) in [5.74, 6) is -0.215. The molecule has 8 heteroatoms. The molecule has 1 fully saturated rings. The van der Waals surface area contributed by atoms with Gasteiger partial charge < -0.3 is 20.5 Å². The Morgan fingerprint density at radius 2 is 1.85 bits per heavy atom. The van der Waals surface area contributed by atoms with Gasteiger partial charge >= 0.3 is 0 Å². The lowest BCUT2D eigenvalue weighted by Crippen LogP contribution is -2.47. The molecule has 0 atom stereocenters. The molecule has 7 nitrogen and oxygen atoms in total. The van der Waals surface area contributed by atoms with E-state index in [4.69, 9.17) is 15.2 Å². The number of amides is 1. The predicted molar refractivity (Wildman–Crippen MR) is 95.0 cm³/mol. The monoisotopic (exact) mass is 376 g/mol. The van der Waals surface area contributed by atoms with E-state index in [-0.39, 0.29) is 15.4 Å². The van der Waals surface area contributed by atoms with Gasteiger partial charge in [-0.25, -0.2) is 8.42 Å². The molecule has 1 amide bonds. The Kier molecular flexibility index (Phi) is 5.55. The van der Waals surface area contributed by atoms with Crippen molar-refractivity contribution < 1.29 is 22.7 Å². The summed E-state index contributed by atoms with van der Waals surface area (Å²) in [6, 6.07) is 12.4. The van der Waals surface area contributed by atoms with Crippen molar-refractivity contribution in [2.24, 2.45) is 5.73 Å². The normalized spacial score (nSPS) is 14.6. The molecular formula is C18H20N2O5S. The lowest BCUT2D eigenvalue weighted by Gasteiger charge is -2.26. The first-order valence-electron chi connectivity index (χ1n) is 8.16. The zero-order valence-electron chi connectivity index (χ0n) is 14.1. The molecule has 3 rings (SSSR count). The lowest BCUT2D eigenvalue weighted by molar-refractivity contribution is -0.00595. The number of carbonyl (C=O) groups is 1. The number of hydrogen-bond donors (Lipinski definition) is 2. The molecule has 1 aliphatic heterocycles. The third kappa shape index (κ3) is 4.04. The van der Waals surface area contributed by atoms with E-state index in [1.165, 1.54) is 24.3 Å². The Bertz CT molecular complexity index is 877. The van der Waals surface area contributed by atoms with Crippen LogP contribution in [0.15, 0.2) is 58.3 Å². The highest BCUT2D eigenvalue weighted by Gasteiger charge is 2.23. The first-order chi connectivity index (χ1) is 12.5. The van der Waals surface area contributed by atoms with Gasteiger partial charge in [-0.15, -0.1) is 0 Å². The second-order valence-electron chi connectivity index (χ2n) is 5.87. The van der Waals surface area contributed by atoms with E-state index in [1.54, 1.807) is 24.3 Å². The standard InChI is InChI=1S/C18H20N2O5S/c19-18(21)16-3-1-2-4-17(16)26(22,23)15-7-5-14(6-8-15)25-10-9-20-13-11-24-12-13/h1-8,13,20H,9-12H2,(H2,19,21). The van der Waals surface area contributed by atoms with Crippen LogP contribution in [0, 0.1) is 0 Å². The maximum Gasteiger partial charge on any atom is 0.250 e. The van der Waals surface area contributed by atoms with Gasteiger partial charge in [-0.1, -0.05) is 12.1 Å². The van der Waals surface area contributed by atoms with Gasteiger partial charge in [-0.3, -0.25) is 4.79 Å². The zero-order valence-corrected chi connectivity index (χ0v) is 14.9. The molecule has 1 aliphatic rings. The molecule has 1 saturated heterocycles. The van der Waals surface area contributed by atoms with Crippen LogP contribution in [-0.2, 0) is 14.6 Å². The first-order valence-corrected chi connectivity index (χ1v) is 9.65. The minimum Gasteiger partial charge on any atom is -0.492 e. The molecule has 2 aromatic rings. The van der Waals surface area contributed by atoms with Gasteiger partial charge in [-0.2, -0.15) is 0 Å². The van der Waals surface area contributed by atoms with Gasteiger partial charge in [0.1, 0.15) is 12.4 Å². The molecule has 0 aliphatic carbocycles. The average Bonchev–Trinajstić information content (AvgIpc) is 2.60. The van der Waals surface area contributed by atoms with Gasteiger partial charge in [0.15, 0.2) is 0 Å². The average molecular weight is 376 g/mol. The Morgan fingerprint density at radius 3 is 2.46 bits per heavy atom. The Labute approximate surface area is 152 Å². The maximum atomic E-state index is 12.8. The molecule has 138 valence electrons. The second kappa shape index (κ2) is 7.86. The van der Waals surface area contributed by atoms with Crippen molar-refractivity contribution in [2.45, 2.75) is 15.8 Å². The predicted octanol–water partition coefficient (Wildman–Crippen LogP) is 0.985. The molecule has 0 unspecified atom stereocenters. The summed E-state index contributed by atoms with van der Waals surface area (Å²) in [7, 11) is -3.85. The van der Waals surface area contributed by atoms with Crippen LogP contribution in [0.5, 0.6) is 5.75 Å². The van der Waals surface area contributed by atoms with Crippen molar-refractivity contribution >= 4 is 15.7 Å². The molecule has 0 spiro atoms. The number of benzene rings is 2. The molecule has 26 heavy (non-hydrogen) atoms. The highest BCUT2D eigenvalue weighted by Crippen LogP contribution is 2.25. The third-order valence-corrected chi connectivity index (χ3v) is 5.85. The van der Waals surface area contributed by atoms with E-state index in [1.807, 2.05) is 0 Å². The smallest absolute Gasteiger partial charge is 0.250 e. The molecule has 2 aromatic carbocycles. The minimum atomic E-state index is -3.85. The van der Waals surface area contributed by atoms with Gasteiger partial charge in [0.25, 0.3) is 0 Å². The fraction of sp³-hybridized carbons (Fsp3) is 0.278. The Morgan fingerprint density at radius 1 is 1.15 bits per heavy atom. The van der Waals surface area contributed by atoms with Crippen LogP contribution in [0.25, 0.3) is 0 Å². The number of hydrogen-bond acceptors (Lipinski definition) is 6. The van der Waals surface area contributed by atoms with Crippen LogP contribution in [0.4, 0.5) is 0 Å².